The highest BCUT2D eigenvalue weighted by molar-refractivity contribution is 6.18. The smallest absolute Gasteiger partial charge is 0.0377 e. The van der Waals surface area contributed by atoms with Crippen LogP contribution in [0.2, 0.25) is 0 Å². The number of halogens is 1. The van der Waals surface area contributed by atoms with E-state index in [-0.39, 0.29) is 0 Å². The quantitative estimate of drug-likeness (QED) is 0.789. The first kappa shape index (κ1) is 12.4. The van der Waals surface area contributed by atoms with Crippen LogP contribution in [0.4, 0.5) is 0 Å². The molecule has 0 aromatic heterocycles. The van der Waals surface area contributed by atoms with Gasteiger partial charge in [-0.1, -0.05) is 49.4 Å². The Balaban J connectivity index is 2.18. The minimum atomic E-state index is 0.399. The Morgan fingerprint density at radius 2 is 1.88 bits per heavy atom. The Labute approximate surface area is 108 Å². The molecule has 0 amide bonds. The molecule has 0 aliphatic heterocycles. The van der Waals surface area contributed by atoms with Crippen LogP contribution in [0.25, 0.3) is 10.8 Å². The van der Waals surface area contributed by atoms with Gasteiger partial charge in [-0.05, 0) is 22.8 Å². The number of hydrogen-bond donors (Lipinski definition) is 1. The molecule has 2 heteroatoms. The third kappa shape index (κ3) is 2.99. The van der Waals surface area contributed by atoms with E-state index in [1.54, 1.807) is 0 Å². The van der Waals surface area contributed by atoms with Crippen LogP contribution in [0.3, 0.4) is 0 Å². The average molecular weight is 248 g/mol. The van der Waals surface area contributed by atoms with Crippen LogP contribution in [-0.2, 0) is 6.54 Å². The number of rotatable bonds is 5. The molecule has 0 aliphatic rings. The molecule has 0 radical (unpaired) electrons. The van der Waals surface area contributed by atoms with Gasteiger partial charge in [-0.2, -0.15) is 0 Å². The summed E-state index contributed by atoms with van der Waals surface area (Å²) in [7, 11) is 0. The summed E-state index contributed by atoms with van der Waals surface area (Å²) in [5.41, 5.74) is 1.34. The first-order valence-electron chi connectivity index (χ1n) is 6.11. The first-order chi connectivity index (χ1) is 8.35. The summed E-state index contributed by atoms with van der Waals surface area (Å²) >= 11 is 5.89. The van der Waals surface area contributed by atoms with Gasteiger partial charge in [-0.25, -0.2) is 0 Å². The number of nitrogens with one attached hydrogen (secondary N) is 1. The molecule has 1 atom stereocenters. The summed E-state index contributed by atoms with van der Waals surface area (Å²) in [5.74, 6) is 0.668. The maximum atomic E-state index is 5.89. The lowest BCUT2D eigenvalue weighted by atomic mass is 10.0. The zero-order chi connectivity index (χ0) is 12.1. The van der Waals surface area contributed by atoms with Gasteiger partial charge in [0.05, 0.1) is 0 Å². The Kier molecular flexibility index (Phi) is 4.41. The molecule has 1 N–H and O–H groups in total. The van der Waals surface area contributed by atoms with E-state index in [0.29, 0.717) is 11.9 Å². The fraction of sp³-hybridized carbons (Fsp3) is 0.333. The zero-order valence-corrected chi connectivity index (χ0v) is 10.9. The molecule has 0 saturated carbocycles. The van der Waals surface area contributed by atoms with Gasteiger partial charge in [0.15, 0.2) is 0 Å². The van der Waals surface area contributed by atoms with Crippen molar-refractivity contribution in [2.24, 2.45) is 0 Å². The Morgan fingerprint density at radius 3 is 2.65 bits per heavy atom. The van der Waals surface area contributed by atoms with E-state index in [9.17, 15) is 0 Å². The summed E-state index contributed by atoms with van der Waals surface area (Å²) in [6, 6.07) is 15.3. The van der Waals surface area contributed by atoms with Crippen molar-refractivity contribution >= 4 is 22.4 Å². The minimum absolute atomic E-state index is 0.399. The van der Waals surface area contributed by atoms with Crippen LogP contribution in [0, 0.1) is 0 Å². The maximum Gasteiger partial charge on any atom is 0.0377 e. The molecule has 0 saturated heterocycles. The van der Waals surface area contributed by atoms with Gasteiger partial charge in [0.2, 0.25) is 0 Å². The van der Waals surface area contributed by atoms with Crippen LogP contribution >= 0.6 is 11.6 Å². The van der Waals surface area contributed by atoms with Gasteiger partial charge >= 0.3 is 0 Å². The van der Waals surface area contributed by atoms with Crippen molar-refractivity contribution < 1.29 is 0 Å². The van der Waals surface area contributed by atoms with E-state index in [0.717, 1.165) is 13.0 Å². The number of benzene rings is 2. The SMILES string of the molecule is CCC(CCl)NCc1cccc2ccccc12. The molecule has 0 bridgehead atoms. The second-order valence-electron chi connectivity index (χ2n) is 4.28. The van der Waals surface area contributed by atoms with E-state index >= 15 is 0 Å². The molecule has 90 valence electrons. The Morgan fingerprint density at radius 1 is 1.12 bits per heavy atom. The fourth-order valence-electron chi connectivity index (χ4n) is 2.01. The van der Waals surface area contributed by atoms with Crippen LogP contribution < -0.4 is 5.32 Å². The third-order valence-electron chi connectivity index (χ3n) is 3.14. The molecule has 2 aromatic carbocycles. The predicted octanol–water partition coefficient (Wildman–Crippen LogP) is 3.95. The molecule has 1 unspecified atom stereocenters. The summed E-state index contributed by atoms with van der Waals surface area (Å²) in [4.78, 5) is 0. The standard InChI is InChI=1S/C15H18ClN/c1-2-14(10-16)17-11-13-8-5-7-12-6-3-4-9-15(12)13/h3-9,14,17H,2,10-11H2,1H3. The molecule has 0 fully saturated rings. The van der Waals surface area contributed by atoms with Crippen molar-refractivity contribution in [3.63, 3.8) is 0 Å². The summed E-state index contributed by atoms with van der Waals surface area (Å²) in [6.07, 6.45) is 1.06. The number of alkyl halides is 1. The van der Waals surface area contributed by atoms with Crippen LogP contribution in [-0.4, -0.2) is 11.9 Å². The molecule has 0 aliphatic carbocycles. The highest BCUT2D eigenvalue weighted by Gasteiger charge is 2.05. The summed E-state index contributed by atoms with van der Waals surface area (Å²) in [6.45, 7) is 3.04. The zero-order valence-electron chi connectivity index (χ0n) is 10.1. The molecule has 2 rings (SSSR count). The van der Waals surface area contributed by atoms with E-state index in [1.165, 1.54) is 16.3 Å². The molecular weight excluding hydrogens is 230 g/mol. The highest BCUT2D eigenvalue weighted by atomic mass is 35.5. The topological polar surface area (TPSA) is 12.0 Å². The predicted molar refractivity (Wildman–Crippen MR) is 75.6 cm³/mol. The van der Waals surface area contributed by atoms with Gasteiger partial charge < -0.3 is 5.32 Å². The Bertz CT molecular complexity index is 472. The molecule has 1 nitrogen and oxygen atoms in total. The van der Waals surface area contributed by atoms with Gasteiger partial charge in [0, 0.05) is 18.5 Å². The van der Waals surface area contributed by atoms with Gasteiger partial charge in [-0.3, -0.25) is 0 Å². The van der Waals surface area contributed by atoms with Crippen molar-refractivity contribution in [3.8, 4) is 0 Å². The van der Waals surface area contributed by atoms with Crippen LogP contribution in [0.5, 0.6) is 0 Å². The largest absolute Gasteiger partial charge is 0.309 e. The third-order valence-corrected chi connectivity index (χ3v) is 3.51. The van der Waals surface area contributed by atoms with E-state index in [1.807, 2.05) is 0 Å². The van der Waals surface area contributed by atoms with Crippen molar-refractivity contribution in [2.45, 2.75) is 25.9 Å². The van der Waals surface area contributed by atoms with Gasteiger partial charge in [0.25, 0.3) is 0 Å². The lowest BCUT2D eigenvalue weighted by Crippen LogP contribution is -2.29. The van der Waals surface area contributed by atoms with E-state index in [2.05, 4.69) is 54.7 Å². The second kappa shape index (κ2) is 6.04. The van der Waals surface area contributed by atoms with Crippen LogP contribution in [0.15, 0.2) is 42.5 Å². The highest BCUT2D eigenvalue weighted by Crippen LogP contribution is 2.18. The lowest BCUT2D eigenvalue weighted by Gasteiger charge is -2.14. The Hall–Kier alpha value is -1.05. The molecule has 0 heterocycles. The molecular formula is C15H18ClN. The maximum absolute atomic E-state index is 5.89. The number of fused-ring (bicyclic) bond motifs is 1. The minimum Gasteiger partial charge on any atom is -0.309 e. The molecule has 2 aromatic rings. The van der Waals surface area contributed by atoms with E-state index in [4.69, 9.17) is 11.6 Å². The number of hydrogen-bond acceptors (Lipinski definition) is 1. The normalized spacial score (nSPS) is 12.8. The van der Waals surface area contributed by atoms with Crippen molar-refractivity contribution in [2.75, 3.05) is 5.88 Å². The monoisotopic (exact) mass is 247 g/mol. The van der Waals surface area contributed by atoms with Crippen molar-refractivity contribution in [1.29, 1.82) is 0 Å². The van der Waals surface area contributed by atoms with E-state index < -0.39 is 0 Å². The summed E-state index contributed by atoms with van der Waals surface area (Å²) < 4.78 is 0. The lowest BCUT2D eigenvalue weighted by molar-refractivity contribution is 0.540. The molecule has 0 spiro atoms. The van der Waals surface area contributed by atoms with Gasteiger partial charge in [0.1, 0.15) is 0 Å². The van der Waals surface area contributed by atoms with Crippen molar-refractivity contribution in [3.05, 3.63) is 48.0 Å². The molecule has 17 heavy (non-hydrogen) atoms. The van der Waals surface area contributed by atoms with Crippen molar-refractivity contribution in [1.82, 2.24) is 5.32 Å². The average Bonchev–Trinajstić information content (AvgIpc) is 2.40. The first-order valence-corrected chi connectivity index (χ1v) is 6.64. The van der Waals surface area contributed by atoms with Crippen LogP contribution in [0.1, 0.15) is 18.9 Å². The van der Waals surface area contributed by atoms with Gasteiger partial charge in [-0.15, -0.1) is 11.6 Å². The summed E-state index contributed by atoms with van der Waals surface area (Å²) in [5, 5.41) is 6.12. The second-order valence-corrected chi connectivity index (χ2v) is 4.59. The fourth-order valence-corrected chi connectivity index (χ4v) is 2.34.